The second kappa shape index (κ2) is 4.56. The van der Waals surface area contributed by atoms with Crippen molar-refractivity contribution < 1.29 is 9.90 Å². The van der Waals surface area contributed by atoms with E-state index in [9.17, 15) is 4.79 Å². The van der Waals surface area contributed by atoms with Gasteiger partial charge < -0.3 is 9.67 Å². The molecule has 0 radical (unpaired) electrons. The molecule has 1 saturated carbocycles. The monoisotopic (exact) mass is 280 g/mol. The van der Waals surface area contributed by atoms with Gasteiger partial charge in [0.2, 0.25) is 0 Å². The topological polar surface area (TPSA) is 72.9 Å². The third kappa shape index (κ3) is 2.01. The van der Waals surface area contributed by atoms with E-state index in [1.807, 2.05) is 18.7 Å². The molecule has 1 fully saturated rings. The first-order valence-electron chi connectivity index (χ1n) is 6.34. The maximum atomic E-state index is 10.7. The molecule has 0 amide bonds. The van der Waals surface area contributed by atoms with Crippen molar-refractivity contribution in [3.05, 3.63) is 5.69 Å². The second-order valence-electron chi connectivity index (χ2n) is 4.91. The molecule has 0 unspecified atom stereocenters. The SMILES string of the molecule is Cc1nn(C)c2c1nc(SCC(=O)O)n2C1CCC1. The van der Waals surface area contributed by atoms with Gasteiger partial charge in [-0.1, -0.05) is 11.8 Å². The van der Waals surface area contributed by atoms with E-state index in [4.69, 9.17) is 5.11 Å². The molecule has 2 aromatic rings. The van der Waals surface area contributed by atoms with Crippen molar-refractivity contribution in [1.82, 2.24) is 19.3 Å². The lowest BCUT2D eigenvalue weighted by molar-refractivity contribution is -0.133. The molecule has 1 aliphatic carbocycles. The van der Waals surface area contributed by atoms with Crippen LogP contribution in [-0.4, -0.2) is 36.2 Å². The second-order valence-corrected chi connectivity index (χ2v) is 5.86. The van der Waals surface area contributed by atoms with Crippen LogP contribution in [0.1, 0.15) is 31.0 Å². The molecular weight excluding hydrogens is 264 g/mol. The number of hydrogen-bond donors (Lipinski definition) is 1. The van der Waals surface area contributed by atoms with Crippen LogP contribution in [0.5, 0.6) is 0 Å². The van der Waals surface area contributed by atoms with Crippen LogP contribution in [0.3, 0.4) is 0 Å². The average molecular weight is 280 g/mol. The highest BCUT2D eigenvalue weighted by atomic mass is 32.2. The summed E-state index contributed by atoms with van der Waals surface area (Å²) in [6.45, 7) is 1.94. The van der Waals surface area contributed by atoms with Crippen molar-refractivity contribution in [3.63, 3.8) is 0 Å². The molecule has 102 valence electrons. The Kier molecular flexibility index (Phi) is 3.00. The summed E-state index contributed by atoms with van der Waals surface area (Å²) in [6, 6.07) is 0.441. The number of thioether (sulfide) groups is 1. The van der Waals surface area contributed by atoms with Gasteiger partial charge in [0.1, 0.15) is 5.52 Å². The van der Waals surface area contributed by atoms with Crippen LogP contribution in [0.2, 0.25) is 0 Å². The van der Waals surface area contributed by atoms with Crippen molar-refractivity contribution >= 4 is 28.9 Å². The van der Waals surface area contributed by atoms with Crippen LogP contribution in [0.15, 0.2) is 5.16 Å². The normalized spacial score (nSPS) is 15.9. The summed E-state index contributed by atoms with van der Waals surface area (Å²) in [5.41, 5.74) is 2.80. The molecule has 19 heavy (non-hydrogen) atoms. The van der Waals surface area contributed by atoms with Crippen molar-refractivity contribution in [2.45, 2.75) is 37.4 Å². The molecule has 1 aliphatic rings. The van der Waals surface area contributed by atoms with Gasteiger partial charge in [-0.05, 0) is 26.2 Å². The minimum absolute atomic E-state index is 0.0442. The zero-order valence-electron chi connectivity index (χ0n) is 11.0. The van der Waals surface area contributed by atoms with Gasteiger partial charge in [-0.2, -0.15) is 5.10 Å². The van der Waals surface area contributed by atoms with Gasteiger partial charge in [0, 0.05) is 13.1 Å². The average Bonchev–Trinajstić information content (AvgIpc) is 2.75. The van der Waals surface area contributed by atoms with Crippen LogP contribution in [0, 0.1) is 6.92 Å². The van der Waals surface area contributed by atoms with E-state index in [2.05, 4.69) is 14.6 Å². The van der Waals surface area contributed by atoms with Gasteiger partial charge in [-0.15, -0.1) is 0 Å². The van der Waals surface area contributed by atoms with Gasteiger partial charge in [0.05, 0.1) is 11.4 Å². The van der Waals surface area contributed by atoms with E-state index < -0.39 is 5.97 Å². The molecule has 0 spiro atoms. The fraction of sp³-hybridized carbons (Fsp3) is 0.583. The first-order chi connectivity index (χ1) is 9.08. The Morgan fingerprint density at radius 2 is 2.26 bits per heavy atom. The van der Waals surface area contributed by atoms with Gasteiger partial charge in [-0.25, -0.2) is 4.98 Å². The van der Waals surface area contributed by atoms with E-state index in [1.54, 1.807) is 0 Å². The number of fused-ring (bicyclic) bond motifs is 1. The smallest absolute Gasteiger partial charge is 0.313 e. The summed E-state index contributed by atoms with van der Waals surface area (Å²) >= 11 is 1.29. The van der Waals surface area contributed by atoms with Crippen LogP contribution in [0.4, 0.5) is 0 Å². The quantitative estimate of drug-likeness (QED) is 0.867. The molecule has 3 rings (SSSR count). The number of aliphatic carboxylic acids is 1. The van der Waals surface area contributed by atoms with Crippen molar-refractivity contribution in [3.8, 4) is 0 Å². The molecule has 0 aromatic carbocycles. The summed E-state index contributed by atoms with van der Waals surface area (Å²) in [5.74, 6) is -0.769. The van der Waals surface area contributed by atoms with E-state index >= 15 is 0 Å². The zero-order chi connectivity index (χ0) is 13.6. The van der Waals surface area contributed by atoms with Crippen LogP contribution in [-0.2, 0) is 11.8 Å². The first kappa shape index (κ1) is 12.5. The van der Waals surface area contributed by atoms with E-state index in [1.165, 1.54) is 18.2 Å². The molecule has 0 saturated heterocycles. The third-order valence-electron chi connectivity index (χ3n) is 3.57. The Labute approximate surface area is 114 Å². The van der Waals surface area contributed by atoms with E-state index in [0.29, 0.717) is 6.04 Å². The number of carbonyl (C=O) groups is 1. The molecule has 0 aliphatic heterocycles. The van der Waals surface area contributed by atoms with Crippen LogP contribution < -0.4 is 0 Å². The van der Waals surface area contributed by atoms with Gasteiger partial charge in [0.25, 0.3) is 0 Å². The maximum absolute atomic E-state index is 10.7. The molecule has 6 nitrogen and oxygen atoms in total. The summed E-state index contributed by atoms with van der Waals surface area (Å²) in [4.78, 5) is 15.3. The number of aryl methyl sites for hydroxylation is 2. The Hall–Kier alpha value is -1.50. The number of hydrogen-bond acceptors (Lipinski definition) is 4. The minimum Gasteiger partial charge on any atom is -0.481 e. The van der Waals surface area contributed by atoms with Crippen LogP contribution in [0.25, 0.3) is 11.2 Å². The third-order valence-corrected chi connectivity index (χ3v) is 4.50. The van der Waals surface area contributed by atoms with E-state index in [0.717, 1.165) is 34.9 Å². The Morgan fingerprint density at radius 3 is 2.84 bits per heavy atom. The summed E-state index contributed by atoms with van der Waals surface area (Å²) in [7, 11) is 1.91. The summed E-state index contributed by atoms with van der Waals surface area (Å²) in [5, 5.41) is 14.0. The molecule has 7 heteroatoms. The maximum Gasteiger partial charge on any atom is 0.313 e. The summed E-state index contributed by atoms with van der Waals surface area (Å²) in [6.07, 6.45) is 3.50. The van der Waals surface area contributed by atoms with Gasteiger partial charge in [0.15, 0.2) is 10.8 Å². The fourth-order valence-electron chi connectivity index (χ4n) is 2.48. The lowest BCUT2D eigenvalue weighted by atomic mass is 9.93. The first-order valence-corrected chi connectivity index (χ1v) is 7.32. The Balaban J connectivity index is 2.08. The molecule has 0 atom stereocenters. The lowest BCUT2D eigenvalue weighted by Gasteiger charge is -2.28. The predicted octanol–water partition coefficient (Wildman–Crippen LogP) is 1.98. The number of rotatable bonds is 4. The van der Waals surface area contributed by atoms with E-state index in [-0.39, 0.29) is 5.75 Å². The number of nitrogens with zero attached hydrogens (tertiary/aromatic N) is 4. The number of imidazole rings is 1. The largest absolute Gasteiger partial charge is 0.481 e. The number of aromatic nitrogens is 4. The Morgan fingerprint density at radius 1 is 1.53 bits per heavy atom. The zero-order valence-corrected chi connectivity index (χ0v) is 11.8. The summed E-state index contributed by atoms with van der Waals surface area (Å²) < 4.78 is 4.02. The highest BCUT2D eigenvalue weighted by Crippen LogP contribution is 2.38. The lowest BCUT2D eigenvalue weighted by Crippen LogP contribution is -2.19. The molecular formula is C12H16N4O2S. The number of carboxylic acids is 1. The molecule has 2 aromatic heterocycles. The highest BCUT2D eigenvalue weighted by molar-refractivity contribution is 7.99. The van der Waals surface area contributed by atoms with Crippen molar-refractivity contribution in [2.75, 3.05) is 5.75 Å². The van der Waals surface area contributed by atoms with Crippen molar-refractivity contribution in [2.24, 2.45) is 7.05 Å². The predicted molar refractivity (Wildman–Crippen MR) is 72.5 cm³/mol. The molecule has 1 N–H and O–H groups in total. The standard InChI is InChI=1S/C12H16N4O2S/c1-7-10-11(15(2)14-7)16(8-4-3-5-8)12(13-10)19-6-9(17)18/h8H,3-6H2,1-2H3,(H,17,18). The van der Waals surface area contributed by atoms with Gasteiger partial charge in [-0.3, -0.25) is 9.48 Å². The van der Waals surface area contributed by atoms with Crippen LogP contribution >= 0.6 is 11.8 Å². The van der Waals surface area contributed by atoms with Gasteiger partial charge >= 0.3 is 5.97 Å². The molecule has 0 bridgehead atoms. The van der Waals surface area contributed by atoms with Crippen molar-refractivity contribution in [1.29, 1.82) is 0 Å². The minimum atomic E-state index is -0.813. The fourth-order valence-corrected chi connectivity index (χ4v) is 3.26. The highest BCUT2D eigenvalue weighted by Gasteiger charge is 2.27. The number of carboxylic acid groups (broad SMARTS) is 1. The molecule has 2 heterocycles. The Bertz CT molecular complexity index is 642.